The van der Waals surface area contributed by atoms with Crippen LogP contribution in [0.15, 0.2) is 97.1 Å². The number of nitrogens with zero attached hydrogens (tertiary/aromatic N) is 1. The molecule has 0 aromatic heterocycles. The molecule has 8 heteroatoms. The molecule has 0 atom stereocenters. The Morgan fingerprint density at radius 1 is 0.800 bits per heavy atom. The van der Waals surface area contributed by atoms with Gasteiger partial charge in [0.2, 0.25) is 0 Å². The molecule has 0 aliphatic rings. The summed E-state index contributed by atoms with van der Waals surface area (Å²) in [6.45, 7) is 0.499. The van der Waals surface area contributed by atoms with Crippen molar-refractivity contribution in [3.63, 3.8) is 0 Å². The second kappa shape index (κ2) is 13.3. The highest BCUT2D eigenvalue weighted by atomic mass is 16.5. The number of carbonyl (C=O) groups is 2. The van der Waals surface area contributed by atoms with Crippen molar-refractivity contribution in [1.29, 1.82) is 5.26 Å². The van der Waals surface area contributed by atoms with Gasteiger partial charge in [-0.15, -0.1) is 0 Å². The van der Waals surface area contributed by atoms with Crippen LogP contribution in [0, 0.1) is 11.3 Å². The molecule has 0 aliphatic heterocycles. The maximum atomic E-state index is 12.6. The van der Waals surface area contributed by atoms with E-state index in [1.807, 2.05) is 36.4 Å². The molecule has 0 spiro atoms. The third-order valence-corrected chi connectivity index (χ3v) is 5.76. The highest BCUT2D eigenvalue weighted by Gasteiger charge is 2.10. The van der Waals surface area contributed by atoms with E-state index in [4.69, 9.17) is 30.9 Å². The lowest BCUT2D eigenvalue weighted by Gasteiger charge is -2.08. The number of benzene rings is 4. The van der Waals surface area contributed by atoms with Crippen molar-refractivity contribution in [2.45, 2.75) is 12.8 Å². The Kier molecular flexibility index (Phi) is 9.14. The second-order valence-electron chi connectivity index (χ2n) is 8.72. The average Bonchev–Trinajstić information content (AvgIpc) is 2.97. The fourth-order valence-corrected chi connectivity index (χ4v) is 3.66. The van der Waals surface area contributed by atoms with Crippen LogP contribution >= 0.6 is 0 Å². The number of hydrogen-bond acceptors (Lipinski definition) is 8. The SMILES string of the molecule is N#CCCCOc1ccc(-c2ccc(C(=O)Oc3ccc(/C=C/C(=O)Oc4ccc(N)cc4N)cc3)cc2)cc1. The molecule has 40 heavy (non-hydrogen) atoms. The van der Waals surface area contributed by atoms with Gasteiger partial charge in [0.1, 0.15) is 11.5 Å². The number of nitriles is 1. The van der Waals surface area contributed by atoms with Gasteiger partial charge in [0.15, 0.2) is 5.75 Å². The number of hydrogen-bond donors (Lipinski definition) is 2. The summed E-state index contributed by atoms with van der Waals surface area (Å²) in [5.41, 5.74) is 15.2. The third kappa shape index (κ3) is 7.73. The van der Waals surface area contributed by atoms with E-state index in [0.717, 1.165) is 16.9 Å². The molecule has 0 bridgehead atoms. The third-order valence-electron chi connectivity index (χ3n) is 5.76. The summed E-state index contributed by atoms with van der Waals surface area (Å²) in [7, 11) is 0. The lowest BCUT2D eigenvalue weighted by molar-refractivity contribution is -0.128. The minimum Gasteiger partial charge on any atom is -0.494 e. The Morgan fingerprint density at radius 3 is 2.10 bits per heavy atom. The first kappa shape index (κ1) is 27.5. The van der Waals surface area contributed by atoms with Crippen molar-refractivity contribution in [3.8, 4) is 34.4 Å². The largest absolute Gasteiger partial charge is 0.494 e. The molecular weight excluding hydrogens is 506 g/mol. The van der Waals surface area contributed by atoms with E-state index in [2.05, 4.69) is 6.07 Å². The zero-order chi connectivity index (χ0) is 28.3. The molecule has 4 aromatic rings. The molecule has 8 nitrogen and oxygen atoms in total. The van der Waals surface area contributed by atoms with Crippen LogP contribution in [-0.2, 0) is 4.79 Å². The number of rotatable bonds is 10. The van der Waals surface area contributed by atoms with E-state index in [9.17, 15) is 9.59 Å². The zero-order valence-corrected chi connectivity index (χ0v) is 21.6. The van der Waals surface area contributed by atoms with Crippen molar-refractivity contribution >= 4 is 29.4 Å². The summed E-state index contributed by atoms with van der Waals surface area (Å²) in [4.78, 5) is 24.7. The summed E-state index contributed by atoms with van der Waals surface area (Å²) in [6.07, 6.45) is 4.01. The quantitative estimate of drug-likeness (QED) is 0.0827. The molecule has 4 aromatic carbocycles. The first-order valence-corrected chi connectivity index (χ1v) is 12.5. The number of anilines is 2. The predicted octanol–water partition coefficient (Wildman–Crippen LogP) is 6.04. The second-order valence-corrected chi connectivity index (χ2v) is 8.72. The molecule has 0 fully saturated rings. The van der Waals surface area contributed by atoms with Gasteiger partial charge >= 0.3 is 11.9 Å². The summed E-state index contributed by atoms with van der Waals surface area (Å²) < 4.78 is 16.3. The fraction of sp³-hybridized carbons (Fsp3) is 0.0938. The van der Waals surface area contributed by atoms with Crippen LogP contribution in [0.1, 0.15) is 28.8 Å². The normalized spacial score (nSPS) is 10.6. The van der Waals surface area contributed by atoms with Crippen molar-refractivity contribution < 1.29 is 23.8 Å². The number of ether oxygens (including phenoxy) is 3. The molecule has 4 rings (SSSR count). The van der Waals surface area contributed by atoms with Gasteiger partial charge in [-0.1, -0.05) is 36.4 Å². The van der Waals surface area contributed by atoms with Gasteiger partial charge in [0, 0.05) is 18.2 Å². The molecule has 0 heterocycles. The maximum absolute atomic E-state index is 12.6. The lowest BCUT2D eigenvalue weighted by atomic mass is 10.0. The van der Waals surface area contributed by atoms with Gasteiger partial charge < -0.3 is 25.7 Å². The number of esters is 2. The number of unbranched alkanes of at least 4 members (excludes halogenated alkanes) is 1. The highest BCUT2D eigenvalue weighted by Crippen LogP contribution is 2.25. The topological polar surface area (TPSA) is 138 Å². The molecule has 4 N–H and O–H groups in total. The standard InChI is InChI=1S/C32H27N3O5/c33-19-1-2-20-38-27-15-10-24(11-16-27)23-6-8-25(9-7-23)32(37)39-28-13-3-22(4-14-28)5-18-31(36)40-30-17-12-26(34)21-29(30)35/h3-18,21H,1-2,20,34-35H2/b18-5+. The first-order valence-electron chi connectivity index (χ1n) is 12.5. The Labute approximate surface area is 232 Å². The molecule has 0 saturated carbocycles. The van der Waals surface area contributed by atoms with Crippen LogP contribution in [0.3, 0.4) is 0 Å². The average molecular weight is 534 g/mol. The summed E-state index contributed by atoms with van der Waals surface area (Å²) in [5.74, 6) is 0.263. The number of nitrogens with two attached hydrogens (primary N) is 2. The maximum Gasteiger partial charge on any atom is 0.343 e. The molecule has 0 unspecified atom stereocenters. The Morgan fingerprint density at radius 2 is 1.45 bits per heavy atom. The lowest BCUT2D eigenvalue weighted by Crippen LogP contribution is -2.08. The summed E-state index contributed by atoms with van der Waals surface area (Å²) >= 11 is 0. The molecule has 200 valence electrons. The first-order chi connectivity index (χ1) is 19.4. The Hall–Kier alpha value is -5.55. The van der Waals surface area contributed by atoms with E-state index in [-0.39, 0.29) is 11.4 Å². The summed E-state index contributed by atoms with van der Waals surface area (Å²) in [5, 5.41) is 8.59. The monoisotopic (exact) mass is 533 g/mol. The van der Waals surface area contributed by atoms with Crippen LogP contribution < -0.4 is 25.7 Å². The highest BCUT2D eigenvalue weighted by molar-refractivity contribution is 5.92. The Balaban J connectivity index is 1.29. The zero-order valence-electron chi connectivity index (χ0n) is 21.6. The molecule has 0 saturated heterocycles. The van der Waals surface area contributed by atoms with Gasteiger partial charge in [-0.3, -0.25) is 0 Å². The molecular formula is C32H27N3O5. The van der Waals surface area contributed by atoms with Crippen molar-refractivity contribution in [2.24, 2.45) is 0 Å². The minimum atomic E-state index is -0.591. The van der Waals surface area contributed by atoms with Gasteiger partial charge in [0.05, 0.1) is 23.9 Å². The molecule has 0 aliphatic carbocycles. The van der Waals surface area contributed by atoms with E-state index in [1.165, 1.54) is 18.2 Å². The molecule has 0 amide bonds. The van der Waals surface area contributed by atoms with Crippen LogP contribution in [0.25, 0.3) is 17.2 Å². The fourth-order valence-electron chi connectivity index (χ4n) is 3.66. The minimum absolute atomic E-state index is 0.228. The van der Waals surface area contributed by atoms with E-state index < -0.39 is 11.9 Å². The Bertz CT molecular complexity index is 1540. The van der Waals surface area contributed by atoms with Gasteiger partial charge in [-0.25, -0.2) is 9.59 Å². The van der Waals surface area contributed by atoms with E-state index in [1.54, 1.807) is 48.5 Å². The van der Waals surface area contributed by atoms with Crippen molar-refractivity contribution in [2.75, 3.05) is 18.1 Å². The summed E-state index contributed by atoms with van der Waals surface area (Å²) in [6, 6.07) is 28.2. The van der Waals surface area contributed by atoms with Crippen LogP contribution in [-0.4, -0.2) is 18.5 Å². The van der Waals surface area contributed by atoms with Crippen LogP contribution in [0.5, 0.6) is 17.2 Å². The number of carbonyl (C=O) groups excluding carboxylic acids is 2. The smallest absolute Gasteiger partial charge is 0.343 e. The molecule has 0 radical (unpaired) electrons. The van der Waals surface area contributed by atoms with Gasteiger partial charge in [-0.2, -0.15) is 5.26 Å². The van der Waals surface area contributed by atoms with E-state index >= 15 is 0 Å². The van der Waals surface area contributed by atoms with E-state index in [0.29, 0.717) is 42.0 Å². The van der Waals surface area contributed by atoms with Crippen LogP contribution in [0.4, 0.5) is 11.4 Å². The van der Waals surface area contributed by atoms with Crippen molar-refractivity contribution in [1.82, 2.24) is 0 Å². The van der Waals surface area contributed by atoms with Crippen molar-refractivity contribution in [3.05, 3.63) is 108 Å². The van der Waals surface area contributed by atoms with Crippen LogP contribution in [0.2, 0.25) is 0 Å². The predicted molar refractivity (Wildman–Crippen MR) is 154 cm³/mol. The number of nitrogen functional groups attached to an aromatic ring is 2. The van der Waals surface area contributed by atoms with Gasteiger partial charge in [0.25, 0.3) is 0 Å². The van der Waals surface area contributed by atoms with Gasteiger partial charge in [-0.05, 0) is 83.8 Å².